The minimum Gasteiger partial charge on any atom is -0.459 e. The summed E-state index contributed by atoms with van der Waals surface area (Å²) in [6.07, 6.45) is 1.25. The number of ether oxygens (including phenoxy) is 2. The summed E-state index contributed by atoms with van der Waals surface area (Å²) in [5.41, 5.74) is 1.24. The highest BCUT2D eigenvalue weighted by Crippen LogP contribution is 2.10. The molecule has 0 amide bonds. The largest absolute Gasteiger partial charge is 0.459 e. The number of carbonyl (C=O) groups is 2. The number of carbonyl (C=O) groups excluding carboxylic acids is 2. The highest BCUT2D eigenvalue weighted by atomic mass is 16.5. The molecular formula is C16H16O5. The van der Waals surface area contributed by atoms with Crippen molar-refractivity contribution in [2.24, 2.45) is 0 Å². The Kier molecular flexibility index (Phi) is 4.77. The first kappa shape index (κ1) is 14.8. The first-order chi connectivity index (χ1) is 10.1. The summed E-state index contributed by atoms with van der Waals surface area (Å²) < 4.78 is 15.1. The minimum absolute atomic E-state index is 0.110. The predicted molar refractivity (Wildman–Crippen MR) is 74.8 cm³/mol. The molecule has 0 saturated carbocycles. The number of esters is 2. The van der Waals surface area contributed by atoms with Crippen molar-refractivity contribution in [3.8, 4) is 0 Å². The van der Waals surface area contributed by atoms with E-state index in [9.17, 15) is 9.59 Å². The van der Waals surface area contributed by atoms with Gasteiger partial charge in [0.2, 0.25) is 5.76 Å². The van der Waals surface area contributed by atoms with Crippen LogP contribution < -0.4 is 0 Å². The number of hydrogen-bond acceptors (Lipinski definition) is 5. The molecule has 0 N–H and O–H groups in total. The third-order valence-electron chi connectivity index (χ3n) is 2.62. The van der Waals surface area contributed by atoms with Crippen LogP contribution in [0.15, 0.2) is 47.1 Å². The Morgan fingerprint density at radius 3 is 2.38 bits per heavy atom. The smallest absolute Gasteiger partial charge is 0.374 e. The van der Waals surface area contributed by atoms with Crippen LogP contribution in [0, 0.1) is 0 Å². The van der Waals surface area contributed by atoms with E-state index in [0.29, 0.717) is 5.56 Å². The van der Waals surface area contributed by atoms with Gasteiger partial charge < -0.3 is 13.9 Å². The Balaban J connectivity index is 1.91. The summed E-state index contributed by atoms with van der Waals surface area (Å²) in [5.74, 6) is -0.737. The fourth-order valence-corrected chi connectivity index (χ4v) is 1.63. The van der Waals surface area contributed by atoms with Crippen LogP contribution in [0.2, 0.25) is 0 Å². The van der Waals surface area contributed by atoms with Gasteiger partial charge in [0.15, 0.2) is 0 Å². The van der Waals surface area contributed by atoms with Crippen molar-refractivity contribution in [3.05, 3.63) is 59.5 Å². The molecule has 0 aliphatic rings. The van der Waals surface area contributed by atoms with Crippen LogP contribution in [0.3, 0.4) is 0 Å². The van der Waals surface area contributed by atoms with Crippen LogP contribution in [0.25, 0.3) is 0 Å². The van der Waals surface area contributed by atoms with Gasteiger partial charge in [-0.25, -0.2) is 9.59 Å². The van der Waals surface area contributed by atoms with Gasteiger partial charge in [0.05, 0.1) is 17.9 Å². The molecule has 0 saturated heterocycles. The maximum absolute atomic E-state index is 11.7. The average molecular weight is 288 g/mol. The van der Waals surface area contributed by atoms with Crippen molar-refractivity contribution < 1.29 is 23.5 Å². The van der Waals surface area contributed by atoms with Gasteiger partial charge in [0.1, 0.15) is 6.61 Å². The van der Waals surface area contributed by atoms with E-state index in [2.05, 4.69) is 0 Å². The van der Waals surface area contributed by atoms with Gasteiger partial charge in [-0.05, 0) is 43.7 Å². The van der Waals surface area contributed by atoms with Gasteiger partial charge in [-0.1, -0.05) is 12.1 Å². The van der Waals surface area contributed by atoms with Crippen molar-refractivity contribution in [1.82, 2.24) is 0 Å². The molecule has 21 heavy (non-hydrogen) atoms. The van der Waals surface area contributed by atoms with Gasteiger partial charge in [0, 0.05) is 0 Å². The molecule has 1 heterocycles. The van der Waals surface area contributed by atoms with Crippen LogP contribution in [0.5, 0.6) is 0 Å². The Labute approximate surface area is 122 Å². The van der Waals surface area contributed by atoms with Gasteiger partial charge >= 0.3 is 11.9 Å². The molecule has 0 spiro atoms. The maximum atomic E-state index is 11.7. The SMILES string of the molecule is CC(C)OC(=O)c1ccc(COC(=O)c2ccco2)cc1. The van der Waals surface area contributed by atoms with E-state index in [4.69, 9.17) is 13.9 Å². The first-order valence-corrected chi connectivity index (χ1v) is 6.57. The van der Waals surface area contributed by atoms with Gasteiger partial charge in [0.25, 0.3) is 0 Å². The van der Waals surface area contributed by atoms with E-state index in [1.54, 1.807) is 44.2 Å². The standard InChI is InChI=1S/C16H16O5/c1-11(2)21-15(17)13-7-5-12(6-8-13)10-20-16(18)14-4-3-9-19-14/h3-9,11H,10H2,1-2H3. The molecule has 0 bridgehead atoms. The summed E-state index contributed by atoms with van der Waals surface area (Å²) >= 11 is 0. The van der Waals surface area contributed by atoms with E-state index >= 15 is 0 Å². The fraction of sp³-hybridized carbons (Fsp3) is 0.250. The molecular weight excluding hydrogens is 272 g/mol. The number of furan rings is 1. The van der Waals surface area contributed by atoms with Crippen molar-refractivity contribution in [2.45, 2.75) is 26.6 Å². The molecule has 0 aliphatic heterocycles. The molecule has 5 heteroatoms. The highest BCUT2D eigenvalue weighted by Gasteiger charge is 2.11. The van der Waals surface area contributed by atoms with Crippen LogP contribution in [-0.2, 0) is 16.1 Å². The fourth-order valence-electron chi connectivity index (χ4n) is 1.63. The molecule has 0 fully saturated rings. The van der Waals surface area contributed by atoms with E-state index < -0.39 is 5.97 Å². The molecule has 0 unspecified atom stereocenters. The lowest BCUT2D eigenvalue weighted by molar-refractivity contribution is 0.0375. The van der Waals surface area contributed by atoms with Crippen molar-refractivity contribution >= 4 is 11.9 Å². The number of rotatable bonds is 5. The zero-order valence-electron chi connectivity index (χ0n) is 11.9. The zero-order valence-corrected chi connectivity index (χ0v) is 11.9. The predicted octanol–water partition coefficient (Wildman–Crippen LogP) is 3.20. The minimum atomic E-state index is -0.525. The zero-order chi connectivity index (χ0) is 15.2. The Morgan fingerprint density at radius 2 is 1.81 bits per heavy atom. The molecule has 1 aromatic carbocycles. The topological polar surface area (TPSA) is 65.7 Å². The second kappa shape index (κ2) is 6.74. The molecule has 0 atom stereocenters. The van der Waals surface area contributed by atoms with Crippen molar-refractivity contribution in [2.75, 3.05) is 0 Å². The lowest BCUT2D eigenvalue weighted by Crippen LogP contribution is -2.11. The van der Waals surface area contributed by atoms with Crippen LogP contribution in [0.1, 0.15) is 40.3 Å². The summed E-state index contributed by atoms with van der Waals surface area (Å²) in [4.78, 5) is 23.3. The number of hydrogen-bond donors (Lipinski definition) is 0. The molecule has 0 radical (unpaired) electrons. The van der Waals surface area contributed by atoms with E-state index in [-0.39, 0.29) is 24.4 Å². The average Bonchev–Trinajstić information content (AvgIpc) is 2.99. The molecule has 2 rings (SSSR count). The summed E-state index contributed by atoms with van der Waals surface area (Å²) in [7, 11) is 0. The highest BCUT2D eigenvalue weighted by molar-refractivity contribution is 5.89. The second-order valence-corrected chi connectivity index (χ2v) is 4.70. The molecule has 5 nitrogen and oxygen atoms in total. The third-order valence-corrected chi connectivity index (χ3v) is 2.62. The normalized spacial score (nSPS) is 10.4. The first-order valence-electron chi connectivity index (χ1n) is 6.57. The summed E-state index contributed by atoms with van der Waals surface area (Å²) in [6.45, 7) is 3.69. The molecule has 0 aliphatic carbocycles. The summed E-state index contributed by atoms with van der Waals surface area (Å²) in [6, 6.07) is 9.86. The Hall–Kier alpha value is -2.56. The van der Waals surface area contributed by atoms with Crippen LogP contribution in [-0.4, -0.2) is 18.0 Å². The summed E-state index contributed by atoms with van der Waals surface area (Å²) in [5, 5.41) is 0. The van der Waals surface area contributed by atoms with Crippen LogP contribution in [0.4, 0.5) is 0 Å². The van der Waals surface area contributed by atoms with E-state index in [0.717, 1.165) is 5.56 Å². The van der Waals surface area contributed by atoms with Gasteiger partial charge in [-0.2, -0.15) is 0 Å². The Morgan fingerprint density at radius 1 is 1.10 bits per heavy atom. The van der Waals surface area contributed by atoms with Crippen molar-refractivity contribution in [1.29, 1.82) is 0 Å². The van der Waals surface area contributed by atoms with E-state index in [1.807, 2.05) is 0 Å². The number of benzene rings is 1. The maximum Gasteiger partial charge on any atom is 0.374 e. The molecule has 1 aromatic heterocycles. The third kappa shape index (κ3) is 4.21. The molecule has 2 aromatic rings. The van der Waals surface area contributed by atoms with Gasteiger partial charge in [-0.3, -0.25) is 0 Å². The lowest BCUT2D eigenvalue weighted by atomic mass is 10.1. The van der Waals surface area contributed by atoms with Gasteiger partial charge in [-0.15, -0.1) is 0 Å². The second-order valence-electron chi connectivity index (χ2n) is 4.70. The molecule has 110 valence electrons. The monoisotopic (exact) mass is 288 g/mol. The lowest BCUT2D eigenvalue weighted by Gasteiger charge is -2.08. The van der Waals surface area contributed by atoms with Crippen molar-refractivity contribution in [3.63, 3.8) is 0 Å². The quantitative estimate of drug-likeness (QED) is 0.790. The Bertz CT molecular complexity index is 596. The van der Waals surface area contributed by atoms with E-state index in [1.165, 1.54) is 12.3 Å². The van der Waals surface area contributed by atoms with Crippen LogP contribution >= 0.6 is 0 Å².